The van der Waals surface area contributed by atoms with Gasteiger partial charge in [0.2, 0.25) is 5.91 Å². The number of rotatable bonds is 6. The Morgan fingerprint density at radius 2 is 2.00 bits per heavy atom. The van der Waals surface area contributed by atoms with Crippen molar-refractivity contribution in [2.45, 2.75) is 19.8 Å². The van der Waals surface area contributed by atoms with Crippen LogP contribution in [0.5, 0.6) is 0 Å². The molecule has 0 unspecified atom stereocenters. The molecule has 4 N–H and O–H groups in total. The number of primary amides is 1. The molecule has 0 saturated carbocycles. The monoisotopic (exact) mass is 283 g/mol. The molecule has 6 heteroatoms. The molecule has 1 aromatic rings. The molecular formula is C13H18ClN3O2. The van der Waals surface area contributed by atoms with Gasteiger partial charge in [-0.25, -0.2) is 0 Å². The number of unbranched alkanes of at least 4 members (excludes halogenated alkanes) is 1. The Bertz CT molecular complexity index is 457. The standard InChI is InChI=1S/C13H18ClN3O2/c1-2-3-4-17(8-12(16)18)13(19)9-5-10(14)7-11(15)6-9/h5-7H,2-4,8,15H2,1H3,(H2,16,18). The first-order valence-electron chi connectivity index (χ1n) is 6.07. The predicted octanol–water partition coefficient (Wildman–Crippen LogP) is 1.65. The Hall–Kier alpha value is -1.75. The van der Waals surface area contributed by atoms with E-state index in [-0.39, 0.29) is 12.5 Å². The van der Waals surface area contributed by atoms with E-state index in [4.69, 9.17) is 23.1 Å². The van der Waals surface area contributed by atoms with Crippen molar-refractivity contribution in [2.24, 2.45) is 5.73 Å². The molecule has 0 aliphatic heterocycles. The van der Waals surface area contributed by atoms with Crippen LogP contribution in [0, 0.1) is 0 Å². The molecule has 0 fully saturated rings. The summed E-state index contributed by atoms with van der Waals surface area (Å²) in [5.41, 5.74) is 11.6. The molecule has 0 atom stereocenters. The molecule has 0 saturated heterocycles. The zero-order chi connectivity index (χ0) is 14.4. The van der Waals surface area contributed by atoms with E-state index in [1.54, 1.807) is 6.07 Å². The van der Waals surface area contributed by atoms with Crippen molar-refractivity contribution < 1.29 is 9.59 Å². The lowest BCUT2D eigenvalue weighted by atomic mass is 10.1. The van der Waals surface area contributed by atoms with Crippen molar-refractivity contribution in [2.75, 3.05) is 18.8 Å². The van der Waals surface area contributed by atoms with Crippen LogP contribution in [0.1, 0.15) is 30.1 Å². The molecule has 5 nitrogen and oxygen atoms in total. The highest BCUT2D eigenvalue weighted by atomic mass is 35.5. The van der Waals surface area contributed by atoms with Gasteiger partial charge < -0.3 is 16.4 Å². The highest BCUT2D eigenvalue weighted by Crippen LogP contribution is 2.18. The van der Waals surface area contributed by atoms with Gasteiger partial charge in [-0.1, -0.05) is 24.9 Å². The van der Waals surface area contributed by atoms with Gasteiger partial charge in [0.1, 0.15) is 0 Å². The average Bonchev–Trinajstić information content (AvgIpc) is 2.32. The summed E-state index contributed by atoms with van der Waals surface area (Å²) in [6.45, 7) is 2.38. The molecule has 0 aliphatic rings. The van der Waals surface area contributed by atoms with E-state index in [2.05, 4.69) is 0 Å². The van der Waals surface area contributed by atoms with Gasteiger partial charge in [-0.05, 0) is 24.6 Å². The van der Waals surface area contributed by atoms with Crippen LogP contribution in [-0.4, -0.2) is 29.8 Å². The number of hydrogen-bond donors (Lipinski definition) is 2. The molecular weight excluding hydrogens is 266 g/mol. The highest BCUT2D eigenvalue weighted by Gasteiger charge is 2.18. The molecule has 0 spiro atoms. The largest absolute Gasteiger partial charge is 0.399 e. The minimum absolute atomic E-state index is 0.106. The van der Waals surface area contributed by atoms with Crippen LogP contribution in [-0.2, 0) is 4.79 Å². The summed E-state index contributed by atoms with van der Waals surface area (Å²) in [5, 5.41) is 0.387. The molecule has 0 bridgehead atoms. The van der Waals surface area contributed by atoms with Gasteiger partial charge in [0.15, 0.2) is 0 Å². The van der Waals surface area contributed by atoms with Gasteiger partial charge >= 0.3 is 0 Å². The normalized spacial score (nSPS) is 10.2. The van der Waals surface area contributed by atoms with Crippen molar-refractivity contribution in [1.29, 1.82) is 0 Å². The SMILES string of the molecule is CCCCN(CC(N)=O)C(=O)c1cc(N)cc(Cl)c1. The Morgan fingerprint density at radius 3 is 2.53 bits per heavy atom. The smallest absolute Gasteiger partial charge is 0.254 e. The Morgan fingerprint density at radius 1 is 1.32 bits per heavy atom. The van der Waals surface area contributed by atoms with Gasteiger partial charge in [-0.15, -0.1) is 0 Å². The van der Waals surface area contributed by atoms with Crippen LogP contribution >= 0.6 is 11.6 Å². The molecule has 0 radical (unpaired) electrons. The highest BCUT2D eigenvalue weighted by molar-refractivity contribution is 6.31. The maximum absolute atomic E-state index is 12.3. The third-order valence-corrected chi connectivity index (χ3v) is 2.80. The minimum atomic E-state index is -0.542. The number of nitrogen functional groups attached to an aromatic ring is 1. The van der Waals surface area contributed by atoms with Crippen molar-refractivity contribution in [3.05, 3.63) is 28.8 Å². The zero-order valence-electron chi connectivity index (χ0n) is 10.9. The van der Waals surface area contributed by atoms with Gasteiger partial charge in [0.05, 0.1) is 6.54 Å². The van der Waals surface area contributed by atoms with Gasteiger partial charge in [-0.3, -0.25) is 9.59 Å². The minimum Gasteiger partial charge on any atom is -0.399 e. The van der Waals surface area contributed by atoms with Crippen LogP contribution in [0.2, 0.25) is 5.02 Å². The second-order valence-electron chi connectivity index (χ2n) is 4.32. The summed E-state index contributed by atoms with van der Waals surface area (Å²) in [5.74, 6) is -0.832. The maximum Gasteiger partial charge on any atom is 0.254 e. The Labute approximate surface area is 117 Å². The maximum atomic E-state index is 12.3. The van der Waals surface area contributed by atoms with E-state index in [0.29, 0.717) is 22.8 Å². The molecule has 1 aromatic carbocycles. The predicted molar refractivity (Wildman–Crippen MR) is 75.9 cm³/mol. The van der Waals surface area contributed by atoms with Crippen molar-refractivity contribution in [3.8, 4) is 0 Å². The summed E-state index contributed by atoms with van der Waals surface area (Å²) < 4.78 is 0. The van der Waals surface area contributed by atoms with E-state index in [1.165, 1.54) is 17.0 Å². The molecule has 1 rings (SSSR count). The van der Waals surface area contributed by atoms with Crippen LogP contribution in [0.15, 0.2) is 18.2 Å². The van der Waals surface area contributed by atoms with Crippen LogP contribution in [0.3, 0.4) is 0 Å². The second kappa shape index (κ2) is 6.99. The van der Waals surface area contributed by atoms with Gasteiger partial charge in [0, 0.05) is 22.8 Å². The molecule has 19 heavy (non-hydrogen) atoms. The summed E-state index contributed by atoms with van der Waals surface area (Å²) in [7, 11) is 0. The molecule has 104 valence electrons. The van der Waals surface area contributed by atoms with Crippen LogP contribution in [0.25, 0.3) is 0 Å². The summed E-state index contributed by atoms with van der Waals surface area (Å²) in [4.78, 5) is 24.7. The summed E-state index contributed by atoms with van der Waals surface area (Å²) in [6, 6.07) is 4.62. The number of nitrogens with two attached hydrogens (primary N) is 2. The number of nitrogens with zero attached hydrogens (tertiary/aromatic N) is 1. The topological polar surface area (TPSA) is 89.4 Å². The fourth-order valence-corrected chi connectivity index (χ4v) is 1.95. The molecule has 0 aliphatic carbocycles. The van der Waals surface area contributed by atoms with Crippen LogP contribution in [0.4, 0.5) is 5.69 Å². The second-order valence-corrected chi connectivity index (χ2v) is 4.76. The van der Waals surface area contributed by atoms with Crippen molar-refractivity contribution in [1.82, 2.24) is 4.90 Å². The van der Waals surface area contributed by atoms with Crippen molar-refractivity contribution in [3.63, 3.8) is 0 Å². The number of halogens is 1. The number of carbonyl (C=O) groups excluding carboxylic acids is 2. The Balaban J connectivity index is 2.93. The van der Waals surface area contributed by atoms with Gasteiger partial charge in [0.25, 0.3) is 5.91 Å². The number of carbonyl (C=O) groups is 2. The first-order chi connectivity index (χ1) is 8.93. The third-order valence-electron chi connectivity index (χ3n) is 2.58. The lowest BCUT2D eigenvalue weighted by molar-refractivity contribution is -0.118. The van der Waals surface area contributed by atoms with Gasteiger partial charge in [-0.2, -0.15) is 0 Å². The van der Waals surface area contributed by atoms with E-state index < -0.39 is 5.91 Å². The summed E-state index contributed by atoms with van der Waals surface area (Å²) >= 11 is 5.87. The lowest BCUT2D eigenvalue weighted by Gasteiger charge is -2.21. The van der Waals surface area contributed by atoms with E-state index in [9.17, 15) is 9.59 Å². The first kappa shape index (κ1) is 15.3. The number of hydrogen-bond acceptors (Lipinski definition) is 3. The zero-order valence-corrected chi connectivity index (χ0v) is 11.6. The number of benzene rings is 1. The van der Waals surface area contributed by atoms with E-state index in [0.717, 1.165) is 12.8 Å². The molecule has 2 amide bonds. The average molecular weight is 284 g/mol. The number of anilines is 1. The fourth-order valence-electron chi connectivity index (χ4n) is 1.71. The number of amides is 2. The van der Waals surface area contributed by atoms with Crippen LogP contribution < -0.4 is 11.5 Å². The van der Waals surface area contributed by atoms with E-state index in [1.807, 2.05) is 6.92 Å². The summed E-state index contributed by atoms with van der Waals surface area (Å²) in [6.07, 6.45) is 1.72. The molecule has 0 heterocycles. The fraction of sp³-hybridized carbons (Fsp3) is 0.385. The first-order valence-corrected chi connectivity index (χ1v) is 6.45. The lowest BCUT2D eigenvalue weighted by Crippen LogP contribution is -2.39. The molecule has 0 aromatic heterocycles. The Kier molecular flexibility index (Phi) is 5.63. The third kappa shape index (κ3) is 4.79. The van der Waals surface area contributed by atoms with Crippen molar-refractivity contribution >= 4 is 29.1 Å². The quantitative estimate of drug-likeness (QED) is 0.778. The van der Waals surface area contributed by atoms with E-state index >= 15 is 0 Å².